The summed E-state index contributed by atoms with van der Waals surface area (Å²) in [5, 5.41) is 14.4. The van der Waals surface area contributed by atoms with E-state index in [2.05, 4.69) is 37.2 Å². The van der Waals surface area contributed by atoms with Crippen LogP contribution in [-0.2, 0) is 19.6 Å². The first-order valence-electron chi connectivity index (χ1n) is 15.5. The van der Waals surface area contributed by atoms with Crippen LogP contribution >= 0.6 is 13.5 Å². The lowest BCUT2D eigenvalue weighted by molar-refractivity contribution is 0.0833. The number of hydrogen-bond donors (Lipinski definition) is 2. The monoisotopic (exact) mass is 608 g/mol. The van der Waals surface area contributed by atoms with E-state index in [1.165, 1.54) is 30.4 Å². The molecule has 0 spiro atoms. The standard InChI is InChI=1S/C32H42N6O4.H2S/c1-22-30(42-21-33-22)20-41-27-10-8-24-18-37(15-12-23(24)16-27)19-26(39)9-11-29(40)28-17-31(34-25-6-5-7-25)36-32(35-28)38-13-3-2-4-14-38;/h8,10,16-17,21,25-26,39H,2-7,9,11-15,18-20H2,1H3,(H,34,35,36);1H2/t26-;/m0./s1. The molecular formula is C32H44N6O4S. The zero-order chi connectivity index (χ0) is 28.9. The van der Waals surface area contributed by atoms with Gasteiger partial charge in [-0.05, 0) is 81.5 Å². The molecule has 0 radical (unpaired) electrons. The number of carbonyl (C=O) groups is 1. The number of hydrogen-bond acceptors (Lipinski definition) is 10. The maximum absolute atomic E-state index is 13.3. The molecule has 2 aromatic heterocycles. The number of anilines is 2. The second-order valence-corrected chi connectivity index (χ2v) is 11.9. The highest BCUT2D eigenvalue weighted by Gasteiger charge is 2.23. The molecule has 2 fully saturated rings. The first-order chi connectivity index (χ1) is 20.5. The molecule has 2 N–H and O–H groups in total. The normalized spacial score (nSPS) is 17.9. The van der Waals surface area contributed by atoms with Crippen LogP contribution in [0.1, 0.15) is 84.4 Å². The zero-order valence-electron chi connectivity index (χ0n) is 25.1. The van der Waals surface area contributed by atoms with Gasteiger partial charge in [-0.15, -0.1) is 0 Å². The minimum Gasteiger partial charge on any atom is -0.486 e. The second kappa shape index (κ2) is 14.5. The van der Waals surface area contributed by atoms with E-state index >= 15 is 0 Å². The summed E-state index contributed by atoms with van der Waals surface area (Å²) in [4.78, 5) is 31.3. The number of aliphatic hydroxyl groups is 1. The molecule has 0 amide bonds. The number of nitrogens with zero attached hydrogens (tertiary/aromatic N) is 5. The largest absolute Gasteiger partial charge is 0.486 e. The number of carbonyl (C=O) groups excluding carboxylic acids is 1. The Morgan fingerprint density at radius 2 is 1.95 bits per heavy atom. The molecule has 1 atom stereocenters. The summed E-state index contributed by atoms with van der Waals surface area (Å²) < 4.78 is 11.3. The third-order valence-electron chi connectivity index (χ3n) is 8.75. The van der Waals surface area contributed by atoms with Crippen molar-refractivity contribution in [3.63, 3.8) is 0 Å². The van der Waals surface area contributed by atoms with E-state index in [9.17, 15) is 9.90 Å². The number of piperidine rings is 1. The van der Waals surface area contributed by atoms with Gasteiger partial charge in [0.15, 0.2) is 17.9 Å². The Balaban J connectivity index is 0.00000368. The lowest BCUT2D eigenvalue weighted by atomic mass is 9.93. The van der Waals surface area contributed by atoms with Crippen LogP contribution in [0.15, 0.2) is 35.1 Å². The Kier molecular flexibility index (Phi) is 10.6. The number of ketones is 1. The summed E-state index contributed by atoms with van der Waals surface area (Å²) in [5.74, 6) is 2.91. The van der Waals surface area contributed by atoms with E-state index in [0.29, 0.717) is 37.3 Å². The van der Waals surface area contributed by atoms with Gasteiger partial charge in [0.2, 0.25) is 5.95 Å². The van der Waals surface area contributed by atoms with Gasteiger partial charge in [0.1, 0.15) is 23.9 Å². The number of rotatable bonds is 12. The van der Waals surface area contributed by atoms with Crippen molar-refractivity contribution >= 4 is 31.0 Å². The van der Waals surface area contributed by atoms with E-state index in [4.69, 9.17) is 14.1 Å². The molecule has 3 aromatic rings. The summed E-state index contributed by atoms with van der Waals surface area (Å²) in [5.41, 5.74) is 3.80. The third-order valence-corrected chi connectivity index (χ3v) is 8.75. The Morgan fingerprint density at radius 1 is 1.12 bits per heavy atom. The van der Waals surface area contributed by atoms with Crippen LogP contribution in [0, 0.1) is 6.92 Å². The first-order valence-corrected chi connectivity index (χ1v) is 15.5. The number of aliphatic hydroxyl groups excluding tert-OH is 1. The highest BCUT2D eigenvalue weighted by Crippen LogP contribution is 2.27. The molecule has 43 heavy (non-hydrogen) atoms. The minimum absolute atomic E-state index is 0. The Labute approximate surface area is 260 Å². The van der Waals surface area contributed by atoms with Gasteiger partial charge in [0.05, 0.1) is 11.8 Å². The SMILES string of the molecule is Cc1ncoc1COc1ccc2c(c1)CCN(C[C@@H](O)CCC(=O)c1cc(NC3CCC3)nc(N3CCCCC3)n1)C2.S. The number of oxazole rings is 1. The quantitative estimate of drug-likeness (QED) is 0.278. The fourth-order valence-corrected chi connectivity index (χ4v) is 5.91. The Bertz CT molecular complexity index is 1370. The highest BCUT2D eigenvalue weighted by atomic mass is 32.1. The van der Waals surface area contributed by atoms with Crippen molar-refractivity contribution in [1.82, 2.24) is 19.9 Å². The molecule has 4 heterocycles. The second-order valence-electron chi connectivity index (χ2n) is 11.9. The fourth-order valence-electron chi connectivity index (χ4n) is 5.91. The Hall–Kier alpha value is -3.15. The minimum atomic E-state index is -0.584. The summed E-state index contributed by atoms with van der Waals surface area (Å²) >= 11 is 0. The number of Topliss-reactive ketones (excluding diaryl/α,β-unsaturated/α-hetero) is 1. The van der Waals surface area contributed by atoms with Gasteiger partial charge in [0, 0.05) is 51.3 Å². The van der Waals surface area contributed by atoms with E-state index < -0.39 is 6.10 Å². The molecule has 232 valence electrons. The van der Waals surface area contributed by atoms with Gasteiger partial charge in [0.25, 0.3) is 0 Å². The highest BCUT2D eigenvalue weighted by molar-refractivity contribution is 7.59. The van der Waals surface area contributed by atoms with E-state index in [1.54, 1.807) is 6.07 Å². The maximum atomic E-state index is 13.3. The topological polar surface area (TPSA) is 117 Å². The van der Waals surface area contributed by atoms with E-state index in [1.807, 2.05) is 13.0 Å². The fraction of sp³-hybridized carbons (Fsp3) is 0.562. The molecule has 1 aliphatic carbocycles. The van der Waals surface area contributed by atoms with Crippen molar-refractivity contribution in [2.24, 2.45) is 0 Å². The van der Waals surface area contributed by atoms with Crippen LogP contribution in [0.25, 0.3) is 0 Å². The molecule has 1 aromatic carbocycles. The van der Waals surface area contributed by atoms with Crippen molar-refractivity contribution < 1.29 is 19.1 Å². The van der Waals surface area contributed by atoms with Crippen molar-refractivity contribution in [3.05, 3.63) is 58.9 Å². The van der Waals surface area contributed by atoms with Crippen LogP contribution in [0.2, 0.25) is 0 Å². The third kappa shape index (κ3) is 8.07. The lowest BCUT2D eigenvalue weighted by Gasteiger charge is -2.30. The summed E-state index contributed by atoms with van der Waals surface area (Å²) in [6.07, 6.45) is 9.38. The van der Waals surface area contributed by atoms with E-state index in [0.717, 1.165) is 81.3 Å². The molecule has 11 heteroatoms. The molecule has 10 nitrogen and oxygen atoms in total. The van der Waals surface area contributed by atoms with Crippen LogP contribution in [0.4, 0.5) is 11.8 Å². The number of β-amino-alcohol motifs (C(OH)–C–C–N with tert-alkyl or cyclic N) is 1. The first kappa shape index (κ1) is 31.3. The molecule has 2 aliphatic heterocycles. The number of nitrogens with one attached hydrogen (secondary N) is 1. The average molecular weight is 609 g/mol. The zero-order valence-corrected chi connectivity index (χ0v) is 26.1. The van der Waals surface area contributed by atoms with Gasteiger partial charge in [-0.2, -0.15) is 18.5 Å². The average Bonchev–Trinajstić information content (AvgIpc) is 3.41. The molecule has 6 rings (SSSR count). The molecular weight excluding hydrogens is 564 g/mol. The van der Waals surface area contributed by atoms with Gasteiger partial charge in [-0.1, -0.05) is 6.07 Å². The van der Waals surface area contributed by atoms with Gasteiger partial charge >= 0.3 is 0 Å². The number of benzene rings is 1. The molecule has 0 bridgehead atoms. The molecule has 3 aliphatic rings. The van der Waals surface area contributed by atoms with Crippen LogP contribution in [-0.4, -0.2) is 69.1 Å². The number of ether oxygens (including phenoxy) is 1. The number of aromatic nitrogens is 3. The maximum Gasteiger partial charge on any atom is 0.227 e. The summed E-state index contributed by atoms with van der Waals surface area (Å²) in [6.45, 7) is 6.26. The Morgan fingerprint density at radius 3 is 2.70 bits per heavy atom. The van der Waals surface area contributed by atoms with E-state index in [-0.39, 0.29) is 25.7 Å². The smallest absolute Gasteiger partial charge is 0.227 e. The van der Waals surface area contributed by atoms with Crippen molar-refractivity contribution in [2.45, 2.75) is 90.0 Å². The summed E-state index contributed by atoms with van der Waals surface area (Å²) in [6, 6.07) is 8.41. The van der Waals surface area contributed by atoms with Crippen LogP contribution in [0.5, 0.6) is 5.75 Å². The predicted octanol–water partition coefficient (Wildman–Crippen LogP) is 4.80. The summed E-state index contributed by atoms with van der Waals surface area (Å²) in [7, 11) is 0. The van der Waals surface area contributed by atoms with Gasteiger partial charge < -0.3 is 24.5 Å². The van der Waals surface area contributed by atoms with Crippen LogP contribution < -0.4 is 15.0 Å². The number of fused-ring (bicyclic) bond motifs is 1. The van der Waals surface area contributed by atoms with Crippen molar-refractivity contribution in [2.75, 3.05) is 36.4 Å². The van der Waals surface area contributed by atoms with Gasteiger partial charge in [-0.3, -0.25) is 9.69 Å². The van der Waals surface area contributed by atoms with Gasteiger partial charge in [-0.25, -0.2) is 9.97 Å². The number of aryl methyl sites for hydroxylation is 1. The molecule has 0 unspecified atom stereocenters. The molecule has 1 saturated carbocycles. The predicted molar refractivity (Wildman–Crippen MR) is 170 cm³/mol. The van der Waals surface area contributed by atoms with Crippen molar-refractivity contribution in [1.29, 1.82) is 0 Å². The van der Waals surface area contributed by atoms with Crippen molar-refractivity contribution in [3.8, 4) is 5.75 Å². The lowest BCUT2D eigenvalue weighted by Crippen LogP contribution is -2.36. The van der Waals surface area contributed by atoms with Crippen LogP contribution in [0.3, 0.4) is 0 Å². The molecule has 1 saturated heterocycles.